The van der Waals surface area contributed by atoms with Crippen LogP contribution in [-0.2, 0) is 14.3 Å². The van der Waals surface area contributed by atoms with Crippen LogP contribution in [0.2, 0.25) is 0 Å². The lowest BCUT2D eigenvalue weighted by molar-refractivity contribution is -0.131. The number of hydrogen-bond donors (Lipinski definition) is 0. The van der Waals surface area contributed by atoms with Crippen molar-refractivity contribution in [3.63, 3.8) is 0 Å². The van der Waals surface area contributed by atoms with Crippen molar-refractivity contribution in [3.05, 3.63) is 30.3 Å². The van der Waals surface area contributed by atoms with E-state index in [1.165, 1.54) is 19.3 Å². The first-order valence-electron chi connectivity index (χ1n) is 9.94. The molecule has 1 aliphatic carbocycles. The predicted octanol–water partition coefficient (Wildman–Crippen LogP) is 3.03. The highest BCUT2D eigenvalue weighted by molar-refractivity contribution is 5.76. The summed E-state index contributed by atoms with van der Waals surface area (Å²) in [5.74, 6) is 1.72. The van der Waals surface area contributed by atoms with Crippen molar-refractivity contribution in [1.29, 1.82) is 0 Å². The second kappa shape index (κ2) is 7.97. The second-order valence-corrected chi connectivity index (χ2v) is 7.93. The molecule has 2 atom stereocenters. The number of likely N-dealkylation sites (tertiary alicyclic amines) is 1. The number of rotatable bonds is 7. The molecule has 1 saturated carbocycles. The molecule has 0 unspecified atom stereocenters. The molecule has 3 fully saturated rings. The van der Waals surface area contributed by atoms with Crippen LogP contribution in [0.15, 0.2) is 30.3 Å². The Bertz CT molecular complexity index is 603. The van der Waals surface area contributed by atoms with Crippen LogP contribution in [-0.4, -0.2) is 55.4 Å². The average Bonchev–Trinajstić information content (AvgIpc) is 3.22. The minimum atomic E-state index is -0.180. The summed E-state index contributed by atoms with van der Waals surface area (Å²) in [5.41, 5.74) is -0.180. The normalized spacial score (nSPS) is 28.5. The first-order valence-corrected chi connectivity index (χ1v) is 9.94. The van der Waals surface area contributed by atoms with Crippen molar-refractivity contribution in [3.8, 4) is 5.75 Å². The van der Waals surface area contributed by atoms with Gasteiger partial charge in [0, 0.05) is 26.1 Å². The number of benzene rings is 1. The van der Waals surface area contributed by atoms with Gasteiger partial charge in [-0.05, 0) is 37.3 Å². The molecular weight excluding hydrogens is 330 g/mol. The summed E-state index contributed by atoms with van der Waals surface area (Å²) in [4.78, 5) is 14.4. The van der Waals surface area contributed by atoms with Crippen molar-refractivity contribution in [1.82, 2.24) is 4.90 Å². The van der Waals surface area contributed by atoms with E-state index >= 15 is 0 Å². The van der Waals surface area contributed by atoms with Crippen LogP contribution < -0.4 is 4.74 Å². The summed E-state index contributed by atoms with van der Waals surface area (Å²) in [7, 11) is 0. The standard InChI is InChI=1S/C21H29NO4/c23-20(9-12-24-18-7-2-1-3-8-18)22-11-10-21(16-22)13-19(15-26-21)25-14-17-5-4-6-17/h1-3,7-8,17,19H,4-6,9-16H2/t19-,21+/m0/s1. The molecule has 2 saturated heterocycles. The van der Waals surface area contributed by atoms with Crippen LogP contribution in [0.3, 0.4) is 0 Å². The zero-order chi connectivity index (χ0) is 17.8. The average molecular weight is 359 g/mol. The molecule has 0 aromatic heterocycles. The highest BCUT2D eigenvalue weighted by Gasteiger charge is 2.47. The van der Waals surface area contributed by atoms with Crippen molar-refractivity contribution < 1.29 is 19.0 Å². The number of carbonyl (C=O) groups excluding carboxylic acids is 1. The van der Waals surface area contributed by atoms with Crippen LogP contribution in [0.5, 0.6) is 5.75 Å². The van der Waals surface area contributed by atoms with Crippen molar-refractivity contribution in [2.45, 2.75) is 50.2 Å². The molecule has 0 N–H and O–H groups in total. The van der Waals surface area contributed by atoms with Gasteiger partial charge in [-0.2, -0.15) is 0 Å². The Balaban J connectivity index is 1.18. The molecule has 1 aromatic carbocycles. The lowest BCUT2D eigenvalue weighted by Crippen LogP contribution is -2.36. The van der Waals surface area contributed by atoms with E-state index in [2.05, 4.69) is 0 Å². The lowest BCUT2D eigenvalue weighted by atomic mass is 9.86. The van der Waals surface area contributed by atoms with E-state index in [1.54, 1.807) is 0 Å². The zero-order valence-corrected chi connectivity index (χ0v) is 15.4. The summed E-state index contributed by atoms with van der Waals surface area (Å²) in [6.07, 6.45) is 6.42. The molecule has 2 aliphatic heterocycles. The summed E-state index contributed by atoms with van der Waals surface area (Å²) in [6.45, 7) is 3.44. The fraction of sp³-hybridized carbons (Fsp3) is 0.667. The number of carbonyl (C=O) groups is 1. The molecular formula is C21H29NO4. The minimum Gasteiger partial charge on any atom is -0.493 e. The van der Waals surface area contributed by atoms with Crippen LogP contribution in [0, 0.1) is 5.92 Å². The van der Waals surface area contributed by atoms with Gasteiger partial charge in [-0.25, -0.2) is 0 Å². The molecule has 4 rings (SSSR count). The van der Waals surface area contributed by atoms with E-state index in [9.17, 15) is 4.79 Å². The number of hydrogen-bond acceptors (Lipinski definition) is 4. The fourth-order valence-electron chi connectivity index (χ4n) is 4.11. The smallest absolute Gasteiger partial charge is 0.226 e. The Kier molecular flexibility index (Phi) is 5.46. The summed E-state index contributed by atoms with van der Waals surface area (Å²) >= 11 is 0. The van der Waals surface area contributed by atoms with Crippen molar-refractivity contribution in [2.24, 2.45) is 5.92 Å². The van der Waals surface area contributed by atoms with Crippen molar-refractivity contribution >= 4 is 5.91 Å². The molecule has 5 heteroatoms. The van der Waals surface area contributed by atoms with Gasteiger partial charge in [-0.3, -0.25) is 4.79 Å². The SMILES string of the molecule is O=C(CCOc1ccccc1)N1CC[C@@]2(C[C@H](OCC3CCC3)CO2)C1. The monoisotopic (exact) mass is 359 g/mol. The Morgan fingerprint density at radius 1 is 1.27 bits per heavy atom. The maximum absolute atomic E-state index is 12.5. The number of nitrogens with zero attached hydrogens (tertiary/aromatic N) is 1. The van der Waals surface area contributed by atoms with Crippen LogP contribution >= 0.6 is 0 Å². The Labute approximate surface area is 155 Å². The molecule has 1 spiro atoms. The predicted molar refractivity (Wildman–Crippen MR) is 98.1 cm³/mol. The van der Waals surface area contributed by atoms with Gasteiger partial charge in [-0.1, -0.05) is 24.6 Å². The summed E-state index contributed by atoms with van der Waals surface area (Å²) in [6, 6.07) is 9.63. The highest BCUT2D eigenvalue weighted by atomic mass is 16.6. The largest absolute Gasteiger partial charge is 0.493 e. The van der Waals surface area contributed by atoms with E-state index in [-0.39, 0.29) is 17.6 Å². The molecule has 1 aromatic rings. The van der Waals surface area contributed by atoms with E-state index in [0.717, 1.165) is 37.7 Å². The Morgan fingerprint density at radius 3 is 2.88 bits per heavy atom. The van der Waals surface area contributed by atoms with Gasteiger partial charge in [-0.15, -0.1) is 0 Å². The zero-order valence-electron chi connectivity index (χ0n) is 15.4. The molecule has 2 heterocycles. The van der Waals surface area contributed by atoms with Crippen LogP contribution in [0.4, 0.5) is 0 Å². The topological polar surface area (TPSA) is 48.0 Å². The van der Waals surface area contributed by atoms with Gasteiger partial charge in [0.05, 0.1) is 31.3 Å². The van der Waals surface area contributed by atoms with E-state index < -0.39 is 0 Å². The Hall–Kier alpha value is -1.59. The van der Waals surface area contributed by atoms with Crippen LogP contribution in [0.1, 0.15) is 38.5 Å². The third-order valence-corrected chi connectivity index (χ3v) is 5.96. The van der Waals surface area contributed by atoms with E-state index in [1.807, 2.05) is 35.2 Å². The molecule has 3 aliphatic rings. The van der Waals surface area contributed by atoms with E-state index in [0.29, 0.717) is 26.2 Å². The third-order valence-electron chi connectivity index (χ3n) is 5.96. The Morgan fingerprint density at radius 2 is 2.12 bits per heavy atom. The number of ether oxygens (including phenoxy) is 3. The van der Waals surface area contributed by atoms with Gasteiger partial charge in [0.2, 0.25) is 5.91 Å². The molecule has 0 radical (unpaired) electrons. The molecule has 26 heavy (non-hydrogen) atoms. The second-order valence-electron chi connectivity index (χ2n) is 7.93. The summed E-state index contributed by atoms with van der Waals surface area (Å²) < 4.78 is 17.8. The quantitative estimate of drug-likeness (QED) is 0.751. The molecule has 1 amide bonds. The summed E-state index contributed by atoms with van der Waals surface area (Å²) in [5, 5.41) is 0. The molecule has 142 valence electrons. The molecule has 5 nitrogen and oxygen atoms in total. The van der Waals surface area contributed by atoms with Gasteiger partial charge in [0.25, 0.3) is 0 Å². The van der Waals surface area contributed by atoms with E-state index in [4.69, 9.17) is 14.2 Å². The highest BCUT2D eigenvalue weighted by Crippen LogP contribution is 2.37. The van der Waals surface area contributed by atoms with Gasteiger partial charge >= 0.3 is 0 Å². The minimum absolute atomic E-state index is 0.153. The fourth-order valence-corrected chi connectivity index (χ4v) is 4.11. The van der Waals surface area contributed by atoms with Gasteiger partial charge in [0.15, 0.2) is 0 Å². The van der Waals surface area contributed by atoms with Gasteiger partial charge < -0.3 is 19.1 Å². The molecule has 0 bridgehead atoms. The first kappa shape index (κ1) is 17.8. The first-order chi connectivity index (χ1) is 12.7. The number of para-hydroxylation sites is 1. The maximum Gasteiger partial charge on any atom is 0.226 e. The van der Waals surface area contributed by atoms with Crippen molar-refractivity contribution in [2.75, 3.05) is 32.9 Å². The number of amides is 1. The third kappa shape index (κ3) is 4.21. The van der Waals surface area contributed by atoms with Gasteiger partial charge in [0.1, 0.15) is 5.75 Å². The maximum atomic E-state index is 12.5. The lowest BCUT2D eigenvalue weighted by Gasteiger charge is -2.27. The van der Waals surface area contributed by atoms with Crippen LogP contribution in [0.25, 0.3) is 0 Å².